The summed E-state index contributed by atoms with van der Waals surface area (Å²) < 4.78 is 11.5. The fourth-order valence-electron chi connectivity index (χ4n) is 6.46. The molecule has 2 aliphatic rings. The Kier molecular flexibility index (Phi) is 11.1. The van der Waals surface area contributed by atoms with Gasteiger partial charge in [-0.05, 0) is 113 Å². The van der Waals surface area contributed by atoms with Gasteiger partial charge in [0.15, 0.2) is 0 Å². The second kappa shape index (κ2) is 14.7. The lowest BCUT2D eigenvalue weighted by Crippen LogP contribution is -2.68. The van der Waals surface area contributed by atoms with Crippen molar-refractivity contribution in [3.8, 4) is 5.75 Å². The second-order valence-electron chi connectivity index (χ2n) is 13.6. The first-order chi connectivity index (χ1) is 21.9. The van der Waals surface area contributed by atoms with E-state index in [0.717, 1.165) is 58.9 Å². The van der Waals surface area contributed by atoms with Crippen LogP contribution < -0.4 is 15.6 Å². The van der Waals surface area contributed by atoms with Gasteiger partial charge < -0.3 is 24.9 Å². The molecule has 0 bridgehead atoms. The Hall–Kier alpha value is -2.60. The van der Waals surface area contributed by atoms with Gasteiger partial charge in [0.1, 0.15) is 5.75 Å². The highest BCUT2D eigenvalue weighted by atomic mass is 32.2. The van der Waals surface area contributed by atoms with E-state index in [1.807, 2.05) is 56.5 Å². The van der Waals surface area contributed by atoms with E-state index in [2.05, 4.69) is 72.1 Å². The Morgan fingerprint density at radius 3 is 2.37 bits per heavy atom. The number of H-pyrrole nitrogens is 1. The average molecular weight is 652 g/mol. The number of aliphatic hydroxyl groups excluding tert-OH is 1. The van der Waals surface area contributed by atoms with Crippen LogP contribution in [0.3, 0.4) is 0 Å². The molecule has 9 nitrogen and oxygen atoms in total. The maximum atomic E-state index is 13.7. The van der Waals surface area contributed by atoms with Crippen molar-refractivity contribution in [1.29, 1.82) is 0 Å². The van der Waals surface area contributed by atoms with Crippen molar-refractivity contribution >= 4 is 28.4 Å². The van der Waals surface area contributed by atoms with Crippen LogP contribution in [0, 0.1) is 13.8 Å². The smallest absolute Gasteiger partial charge is 0.252 e. The van der Waals surface area contributed by atoms with Crippen molar-refractivity contribution < 1.29 is 14.6 Å². The van der Waals surface area contributed by atoms with E-state index in [1.165, 1.54) is 11.1 Å². The average Bonchev–Trinajstić information content (AvgIpc) is 2.95. The summed E-state index contributed by atoms with van der Waals surface area (Å²) in [6.07, 6.45) is -0.952. The van der Waals surface area contributed by atoms with E-state index in [9.17, 15) is 9.90 Å². The number of likely N-dealkylation sites (tertiary alicyclic amines) is 1. The van der Waals surface area contributed by atoms with Crippen LogP contribution in [-0.2, 0) is 17.8 Å². The number of hydrogen-bond acceptors (Lipinski definition) is 9. The maximum Gasteiger partial charge on any atom is 0.252 e. The highest BCUT2D eigenvalue weighted by Crippen LogP contribution is 2.37. The van der Waals surface area contributed by atoms with Gasteiger partial charge in [-0.1, -0.05) is 13.8 Å². The predicted molar refractivity (Wildman–Crippen MR) is 190 cm³/mol. The quantitative estimate of drug-likeness (QED) is 0.195. The Labute approximate surface area is 278 Å². The minimum absolute atomic E-state index is 0.0338. The monoisotopic (exact) mass is 651 g/mol. The van der Waals surface area contributed by atoms with Gasteiger partial charge in [0.2, 0.25) is 6.41 Å². The molecular formula is C36H53N5O4S. The zero-order chi connectivity index (χ0) is 33.2. The highest BCUT2D eigenvalue weighted by Gasteiger charge is 2.45. The number of pyridine rings is 1. The number of benzene rings is 2. The van der Waals surface area contributed by atoms with Crippen molar-refractivity contribution in [2.75, 3.05) is 43.9 Å². The van der Waals surface area contributed by atoms with E-state index in [4.69, 9.17) is 9.47 Å². The Balaban J connectivity index is 1.39. The van der Waals surface area contributed by atoms with E-state index < -0.39 is 12.0 Å². The van der Waals surface area contributed by atoms with Crippen molar-refractivity contribution in [1.82, 2.24) is 19.7 Å². The van der Waals surface area contributed by atoms with Crippen LogP contribution in [0.2, 0.25) is 0 Å². The van der Waals surface area contributed by atoms with Gasteiger partial charge in [0.05, 0.1) is 23.1 Å². The van der Waals surface area contributed by atoms with Gasteiger partial charge in [-0.2, -0.15) is 0 Å². The number of rotatable bonds is 14. The molecule has 0 spiro atoms. The van der Waals surface area contributed by atoms with Gasteiger partial charge in [-0.15, -0.1) is 11.8 Å². The number of nitrogens with zero attached hydrogens (tertiary/aromatic N) is 3. The molecule has 1 aromatic heterocycles. The molecule has 5 rings (SSSR count). The third-order valence-corrected chi connectivity index (χ3v) is 10.6. The van der Waals surface area contributed by atoms with E-state index >= 15 is 0 Å². The van der Waals surface area contributed by atoms with E-state index in [1.54, 1.807) is 0 Å². The molecular weight excluding hydrogens is 598 g/mol. The van der Waals surface area contributed by atoms with Crippen molar-refractivity contribution in [3.63, 3.8) is 0 Å². The first-order valence-corrected chi connectivity index (χ1v) is 17.8. The molecule has 2 saturated heterocycles. The van der Waals surface area contributed by atoms with Crippen LogP contribution in [0.15, 0.2) is 41.2 Å². The number of aromatic amines is 1. The number of ether oxygens (including phenoxy) is 2. The minimum atomic E-state index is -0.952. The topological polar surface area (TPSA) is 93.3 Å². The number of anilines is 1. The number of hydrogen-bond donors (Lipinski definition) is 3. The molecule has 46 heavy (non-hydrogen) atoms. The fraction of sp³-hybridized carbons (Fsp3) is 0.583. The number of aliphatic hydroxyl groups is 1. The van der Waals surface area contributed by atoms with Gasteiger partial charge in [-0.25, -0.2) is 0 Å². The molecule has 2 aliphatic heterocycles. The van der Waals surface area contributed by atoms with Crippen LogP contribution in [0.25, 0.3) is 10.9 Å². The molecule has 2 aromatic carbocycles. The maximum absolute atomic E-state index is 13.7. The first kappa shape index (κ1) is 34.7. The zero-order valence-electron chi connectivity index (χ0n) is 28.9. The third-order valence-electron chi connectivity index (χ3n) is 9.28. The molecule has 3 heterocycles. The first-order valence-electron chi connectivity index (χ1n) is 16.7. The Morgan fingerprint density at radius 1 is 1.09 bits per heavy atom. The lowest BCUT2D eigenvalue weighted by atomic mass is 9.97. The van der Waals surface area contributed by atoms with Crippen LogP contribution in [0.1, 0.15) is 63.8 Å². The van der Waals surface area contributed by atoms with Crippen LogP contribution in [0.5, 0.6) is 5.75 Å². The lowest BCUT2D eigenvalue weighted by Gasteiger charge is -2.53. The Morgan fingerprint density at radius 2 is 1.78 bits per heavy atom. The van der Waals surface area contributed by atoms with Crippen LogP contribution in [0.4, 0.5) is 5.69 Å². The zero-order valence-corrected chi connectivity index (χ0v) is 29.7. The Bertz CT molecular complexity index is 1530. The number of aryl methyl sites for hydroxylation is 2. The number of fused-ring (bicyclic) bond motifs is 1. The normalized spacial score (nSPS) is 19.8. The highest BCUT2D eigenvalue weighted by molar-refractivity contribution is 8.01. The summed E-state index contributed by atoms with van der Waals surface area (Å²) in [5.41, 5.74) is 5.97. The van der Waals surface area contributed by atoms with Crippen molar-refractivity contribution in [2.45, 2.75) is 98.0 Å². The molecule has 10 heteroatoms. The molecule has 252 valence electrons. The van der Waals surface area contributed by atoms with Gasteiger partial charge in [0.25, 0.3) is 5.56 Å². The van der Waals surface area contributed by atoms with Gasteiger partial charge in [-0.3, -0.25) is 19.5 Å². The van der Waals surface area contributed by atoms with Crippen LogP contribution >= 0.6 is 11.8 Å². The molecule has 0 saturated carbocycles. The molecule has 3 atom stereocenters. The summed E-state index contributed by atoms with van der Waals surface area (Å²) >= 11 is 1.89. The molecule has 2 fully saturated rings. The lowest BCUT2D eigenvalue weighted by molar-refractivity contribution is -0.263. The summed E-state index contributed by atoms with van der Waals surface area (Å²) in [4.78, 5) is 23.8. The summed E-state index contributed by atoms with van der Waals surface area (Å²) in [7, 11) is 0. The van der Waals surface area contributed by atoms with Gasteiger partial charge >= 0.3 is 0 Å². The fourth-order valence-corrected chi connectivity index (χ4v) is 7.59. The SMILES string of the molecule is CCOc1ccc(NC2SCC2N(Cc2cc3cc(C)c(CN(CC)CC)c(C)c3[nH]c2=O)C2CN(C(O)OC(C)(C)C)C2)cc1. The summed E-state index contributed by atoms with van der Waals surface area (Å²) in [6.45, 7) is 21.9. The van der Waals surface area contributed by atoms with Crippen molar-refractivity contribution in [3.05, 3.63) is 69.0 Å². The largest absolute Gasteiger partial charge is 0.494 e. The van der Waals surface area contributed by atoms with Crippen LogP contribution in [-0.4, -0.2) is 92.8 Å². The predicted octanol–water partition coefficient (Wildman–Crippen LogP) is 5.52. The number of nitrogens with one attached hydrogen (secondary N) is 2. The third kappa shape index (κ3) is 7.91. The summed E-state index contributed by atoms with van der Waals surface area (Å²) in [5, 5.41) is 15.7. The molecule has 3 N–H and O–H groups in total. The van der Waals surface area contributed by atoms with Gasteiger partial charge in [0, 0.05) is 55.3 Å². The standard InChI is InChI=1S/C36H53N5O4S/c1-9-39(10-2)21-30-23(4)16-25-17-26(33(42)38-32(25)24(30)5)18-41(28-19-40(20-28)35(43)45-36(6,7)8)31-22-46-34(31)37-27-12-14-29(15-13-27)44-11-3/h12-17,28,31,34-35,37,43H,9-11,18-22H2,1-8H3,(H,38,42). The molecule has 0 radical (unpaired) electrons. The van der Waals surface area contributed by atoms with E-state index in [0.29, 0.717) is 26.2 Å². The minimum Gasteiger partial charge on any atom is -0.494 e. The molecule has 3 unspecified atom stereocenters. The number of aromatic nitrogens is 1. The van der Waals surface area contributed by atoms with Crippen molar-refractivity contribution in [2.24, 2.45) is 0 Å². The summed E-state index contributed by atoms with van der Waals surface area (Å²) in [6, 6.07) is 12.8. The molecule has 0 amide bonds. The molecule has 3 aromatic rings. The second-order valence-corrected chi connectivity index (χ2v) is 14.8. The van der Waals surface area contributed by atoms with E-state index in [-0.39, 0.29) is 23.0 Å². The number of thioether (sulfide) groups is 1. The summed E-state index contributed by atoms with van der Waals surface area (Å²) in [5.74, 6) is 1.82. The molecule has 0 aliphatic carbocycles.